The second kappa shape index (κ2) is 4.69. The minimum atomic E-state index is -0.502. The number of pyridine rings is 1. The Kier molecular flexibility index (Phi) is 2.86. The fourth-order valence-corrected chi connectivity index (χ4v) is 1.91. The van der Waals surface area contributed by atoms with Crippen LogP contribution in [-0.2, 0) is 6.42 Å². The molecule has 0 radical (unpaired) electrons. The van der Waals surface area contributed by atoms with Crippen molar-refractivity contribution in [3.63, 3.8) is 0 Å². The first kappa shape index (κ1) is 12.2. The van der Waals surface area contributed by atoms with E-state index in [1.54, 1.807) is 18.2 Å². The third-order valence-electron chi connectivity index (χ3n) is 2.88. The number of nitro groups is 1. The van der Waals surface area contributed by atoms with Crippen LogP contribution in [-0.4, -0.2) is 19.5 Å². The van der Waals surface area contributed by atoms with E-state index in [2.05, 4.69) is 10.1 Å². The van der Waals surface area contributed by atoms with E-state index in [1.807, 2.05) is 0 Å². The molecule has 0 aliphatic heterocycles. The number of aromatic nitrogens is 3. The van der Waals surface area contributed by atoms with Gasteiger partial charge in [0, 0.05) is 12.5 Å². The Morgan fingerprint density at radius 3 is 2.80 bits per heavy atom. The van der Waals surface area contributed by atoms with Crippen molar-refractivity contribution in [2.24, 2.45) is 0 Å². The quantitative estimate of drug-likeness (QED) is 0.542. The van der Waals surface area contributed by atoms with Gasteiger partial charge < -0.3 is 0 Å². The number of hydrogen-bond acceptors (Lipinski definition) is 4. The summed E-state index contributed by atoms with van der Waals surface area (Å²) in [5, 5.41) is 14.8. The number of nitrogens with zero attached hydrogens (tertiary/aromatic N) is 4. The summed E-state index contributed by atoms with van der Waals surface area (Å²) in [5.41, 5.74) is 0.902. The van der Waals surface area contributed by atoms with Gasteiger partial charge in [-0.05, 0) is 17.7 Å². The molecule has 0 spiro atoms. The average molecular weight is 272 g/mol. The van der Waals surface area contributed by atoms with Crippen LogP contribution in [0.5, 0.6) is 0 Å². The number of halogens is 1. The first-order chi connectivity index (χ1) is 9.63. The second-order valence-corrected chi connectivity index (χ2v) is 4.24. The van der Waals surface area contributed by atoms with Gasteiger partial charge in [0.1, 0.15) is 12.0 Å². The van der Waals surface area contributed by atoms with E-state index in [0.717, 1.165) is 0 Å². The third kappa shape index (κ3) is 2.20. The summed E-state index contributed by atoms with van der Waals surface area (Å²) in [6.07, 6.45) is 1.52. The molecule has 0 amide bonds. The highest BCUT2D eigenvalue weighted by atomic mass is 19.1. The zero-order chi connectivity index (χ0) is 14.1. The lowest BCUT2D eigenvalue weighted by atomic mass is 10.1. The van der Waals surface area contributed by atoms with Crippen molar-refractivity contribution in [2.75, 3.05) is 0 Å². The maximum atomic E-state index is 13.5. The number of hydrogen-bond donors (Lipinski definition) is 0. The molecule has 2 aromatic heterocycles. The lowest BCUT2D eigenvalue weighted by molar-refractivity contribution is -0.385. The van der Waals surface area contributed by atoms with Gasteiger partial charge in [0.2, 0.25) is 0 Å². The van der Waals surface area contributed by atoms with Gasteiger partial charge in [0.25, 0.3) is 5.69 Å². The summed E-state index contributed by atoms with van der Waals surface area (Å²) in [5.74, 6) is 0.0907. The first-order valence-corrected chi connectivity index (χ1v) is 5.86. The van der Waals surface area contributed by atoms with Gasteiger partial charge in [0.05, 0.1) is 4.92 Å². The van der Waals surface area contributed by atoms with E-state index in [4.69, 9.17) is 0 Å². The summed E-state index contributed by atoms with van der Waals surface area (Å²) in [6, 6.07) is 9.24. The normalized spacial score (nSPS) is 10.8. The Labute approximate surface area is 112 Å². The largest absolute Gasteiger partial charge is 0.287 e. The fraction of sp³-hybridized carbons (Fsp3) is 0.0769. The molecule has 20 heavy (non-hydrogen) atoms. The molecule has 0 saturated heterocycles. The van der Waals surface area contributed by atoms with Gasteiger partial charge in [-0.15, -0.1) is 0 Å². The van der Waals surface area contributed by atoms with E-state index in [9.17, 15) is 14.5 Å². The van der Waals surface area contributed by atoms with Crippen LogP contribution >= 0.6 is 0 Å². The van der Waals surface area contributed by atoms with Crippen LogP contribution in [0.25, 0.3) is 5.65 Å². The Bertz CT molecular complexity index is 800. The van der Waals surface area contributed by atoms with Crippen LogP contribution in [0.3, 0.4) is 0 Å². The average Bonchev–Trinajstić information content (AvgIpc) is 2.82. The van der Waals surface area contributed by atoms with Crippen LogP contribution in [0, 0.1) is 15.9 Å². The van der Waals surface area contributed by atoms with E-state index in [1.165, 1.54) is 28.9 Å². The molecule has 0 fully saturated rings. The molecule has 0 bridgehead atoms. The highest BCUT2D eigenvalue weighted by Crippen LogP contribution is 2.14. The molecule has 7 heteroatoms. The molecule has 6 nitrogen and oxygen atoms in total. The van der Waals surface area contributed by atoms with Crippen LogP contribution in [0.1, 0.15) is 11.4 Å². The van der Waals surface area contributed by atoms with Crippen LogP contribution < -0.4 is 0 Å². The molecular formula is C13H9FN4O2. The molecule has 2 heterocycles. The van der Waals surface area contributed by atoms with Crippen molar-refractivity contribution in [2.45, 2.75) is 6.42 Å². The van der Waals surface area contributed by atoms with E-state index >= 15 is 0 Å². The Morgan fingerprint density at radius 1 is 1.25 bits per heavy atom. The topological polar surface area (TPSA) is 73.3 Å². The third-order valence-corrected chi connectivity index (χ3v) is 2.88. The fourth-order valence-electron chi connectivity index (χ4n) is 1.91. The smallest absolute Gasteiger partial charge is 0.258 e. The summed E-state index contributed by atoms with van der Waals surface area (Å²) in [4.78, 5) is 14.4. The highest BCUT2D eigenvalue weighted by Gasteiger charge is 2.11. The van der Waals surface area contributed by atoms with E-state index in [-0.39, 0.29) is 17.9 Å². The highest BCUT2D eigenvalue weighted by molar-refractivity contribution is 5.43. The monoisotopic (exact) mass is 272 g/mol. The van der Waals surface area contributed by atoms with Crippen molar-refractivity contribution in [1.29, 1.82) is 0 Å². The first-order valence-electron chi connectivity index (χ1n) is 5.86. The Morgan fingerprint density at radius 2 is 2.05 bits per heavy atom. The molecule has 0 N–H and O–H groups in total. The van der Waals surface area contributed by atoms with Gasteiger partial charge in [-0.2, -0.15) is 5.10 Å². The predicted octanol–water partition coefficient (Wildman–Crippen LogP) is 2.37. The SMILES string of the molecule is O=[N+]([O-])c1ccc2nc(Cc3ccccc3F)nn2c1. The summed E-state index contributed by atoms with van der Waals surface area (Å²) in [7, 11) is 0. The Hall–Kier alpha value is -2.83. The summed E-state index contributed by atoms with van der Waals surface area (Å²) >= 11 is 0. The zero-order valence-electron chi connectivity index (χ0n) is 10.2. The minimum absolute atomic E-state index is 0.0696. The number of rotatable bonds is 3. The van der Waals surface area contributed by atoms with Crippen molar-refractivity contribution < 1.29 is 9.31 Å². The predicted molar refractivity (Wildman–Crippen MR) is 68.8 cm³/mol. The van der Waals surface area contributed by atoms with Gasteiger partial charge in [0.15, 0.2) is 11.5 Å². The molecular weight excluding hydrogens is 263 g/mol. The lowest BCUT2D eigenvalue weighted by Crippen LogP contribution is -1.95. The number of fused-ring (bicyclic) bond motifs is 1. The molecule has 3 aromatic rings. The van der Waals surface area contributed by atoms with Gasteiger partial charge in [-0.3, -0.25) is 10.1 Å². The van der Waals surface area contributed by atoms with Crippen LogP contribution in [0.2, 0.25) is 0 Å². The minimum Gasteiger partial charge on any atom is -0.258 e. The van der Waals surface area contributed by atoms with Crippen molar-refractivity contribution in [1.82, 2.24) is 14.6 Å². The maximum Gasteiger partial charge on any atom is 0.287 e. The molecule has 3 rings (SSSR count). The zero-order valence-corrected chi connectivity index (χ0v) is 10.2. The van der Waals surface area contributed by atoms with Gasteiger partial charge in [-0.25, -0.2) is 13.9 Å². The van der Waals surface area contributed by atoms with E-state index in [0.29, 0.717) is 17.0 Å². The molecule has 0 aliphatic carbocycles. The summed E-state index contributed by atoms with van der Waals surface area (Å²) < 4.78 is 14.9. The van der Waals surface area contributed by atoms with Crippen molar-refractivity contribution in [3.8, 4) is 0 Å². The maximum absolute atomic E-state index is 13.5. The van der Waals surface area contributed by atoms with Gasteiger partial charge in [-0.1, -0.05) is 18.2 Å². The van der Waals surface area contributed by atoms with Crippen molar-refractivity contribution >= 4 is 11.3 Å². The van der Waals surface area contributed by atoms with Gasteiger partial charge >= 0.3 is 0 Å². The molecule has 0 unspecified atom stereocenters. The molecule has 0 saturated carbocycles. The van der Waals surface area contributed by atoms with Crippen LogP contribution in [0.4, 0.5) is 10.1 Å². The molecule has 0 atom stereocenters. The second-order valence-electron chi connectivity index (χ2n) is 4.24. The molecule has 0 aliphatic rings. The lowest BCUT2D eigenvalue weighted by Gasteiger charge is -1.97. The molecule has 1 aromatic carbocycles. The summed E-state index contributed by atoms with van der Waals surface area (Å²) in [6.45, 7) is 0. The van der Waals surface area contributed by atoms with E-state index < -0.39 is 4.92 Å². The Balaban J connectivity index is 1.97. The van der Waals surface area contributed by atoms with Crippen molar-refractivity contribution in [3.05, 3.63) is 69.9 Å². The van der Waals surface area contributed by atoms with Crippen LogP contribution in [0.15, 0.2) is 42.6 Å². The molecule has 100 valence electrons. The standard InChI is InChI=1S/C13H9FN4O2/c14-11-4-2-1-3-9(11)7-12-15-13-6-5-10(18(19)20)8-17(13)16-12/h1-6,8H,7H2. The number of benzene rings is 1.